The monoisotopic (exact) mass is 330 g/mol. The van der Waals surface area contributed by atoms with E-state index < -0.39 is 0 Å². The van der Waals surface area contributed by atoms with Crippen LogP contribution in [-0.4, -0.2) is 48.0 Å². The van der Waals surface area contributed by atoms with E-state index in [-0.39, 0.29) is 0 Å². The number of aryl methyl sites for hydroxylation is 1. The van der Waals surface area contributed by atoms with Gasteiger partial charge in [-0.15, -0.1) is 10.2 Å². The van der Waals surface area contributed by atoms with Gasteiger partial charge in [0.25, 0.3) is 0 Å². The molecule has 0 bridgehead atoms. The molecule has 0 atom stereocenters. The summed E-state index contributed by atoms with van der Waals surface area (Å²) in [5.41, 5.74) is 1.26. The molecular formula is C17H26N6O. The molecular weight excluding hydrogens is 304 g/mol. The molecule has 1 aromatic heterocycles. The molecule has 0 saturated heterocycles. The Morgan fingerprint density at radius 1 is 1.21 bits per heavy atom. The van der Waals surface area contributed by atoms with Crippen LogP contribution in [0.3, 0.4) is 0 Å². The minimum absolute atomic E-state index is 0.771. The average Bonchev–Trinajstić information content (AvgIpc) is 3.08. The lowest BCUT2D eigenvalue weighted by molar-refractivity contribution is 0.414. The molecule has 0 spiro atoms. The van der Waals surface area contributed by atoms with Gasteiger partial charge in [0.15, 0.2) is 5.96 Å². The molecule has 0 aliphatic rings. The summed E-state index contributed by atoms with van der Waals surface area (Å²) in [6.07, 6.45) is 3.57. The lowest BCUT2D eigenvalue weighted by Gasteiger charge is -2.12. The molecule has 7 heteroatoms. The maximum absolute atomic E-state index is 5.17. The largest absolute Gasteiger partial charge is 0.497 e. The van der Waals surface area contributed by atoms with Crippen LogP contribution >= 0.6 is 0 Å². The van der Waals surface area contributed by atoms with Crippen LogP contribution in [0.2, 0.25) is 0 Å². The van der Waals surface area contributed by atoms with Gasteiger partial charge < -0.3 is 19.9 Å². The van der Waals surface area contributed by atoms with Gasteiger partial charge in [-0.05, 0) is 24.1 Å². The second kappa shape index (κ2) is 9.54. The predicted octanol–water partition coefficient (Wildman–Crippen LogP) is 1.26. The molecule has 2 aromatic rings. The standard InChI is InChI=1S/C17H26N6O/c1-4-16-22-21-13-23(16)12-11-20-17(18-2)19-10-9-14-5-7-15(24-3)8-6-14/h5-8,13H,4,9-12H2,1-3H3,(H2,18,19,20). The molecule has 24 heavy (non-hydrogen) atoms. The molecule has 2 N–H and O–H groups in total. The smallest absolute Gasteiger partial charge is 0.191 e. The van der Waals surface area contributed by atoms with Gasteiger partial charge in [0.1, 0.15) is 17.9 Å². The summed E-state index contributed by atoms with van der Waals surface area (Å²) < 4.78 is 7.22. The minimum Gasteiger partial charge on any atom is -0.497 e. The topological polar surface area (TPSA) is 76.4 Å². The molecule has 0 radical (unpaired) electrons. The SMILES string of the molecule is CCc1nncn1CCNC(=NC)NCCc1ccc(OC)cc1. The van der Waals surface area contributed by atoms with Crippen molar-refractivity contribution in [1.82, 2.24) is 25.4 Å². The Morgan fingerprint density at radius 3 is 2.62 bits per heavy atom. The third kappa shape index (κ3) is 5.26. The van der Waals surface area contributed by atoms with Gasteiger partial charge in [-0.2, -0.15) is 0 Å². The number of guanidine groups is 1. The number of hydrogen-bond donors (Lipinski definition) is 2. The number of nitrogens with one attached hydrogen (secondary N) is 2. The van der Waals surface area contributed by atoms with E-state index in [0.717, 1.165) is 50.0 Å². The van der Waals surface area contributed by atoms with E-state index in [0.29, 0.717) is 0 Å². The van der Waals surface area contributed by atoms with Crippen LogP contribution in [0, 0.1) is 0 Å². The maximum atomic E-state index is 5.17. The van der Waals surface area contributed by atoms with Crippen molar-refractivity contribution in [3.63, 3.8) is 0 Å². The van der Waals surface area contributed by atoms with Crippen LogP contribution in [0.15, 0.2) is 35.6 Å². The van der Waals surface area contributed by atoms with Crippen molar-refractivity contribution in [2.24, 2.45) is 4.99 Å². The first-order valence-corrected chi connectivity index (χ1v) is 8.21. The number of aromatic nitrogens is 3. The lowest BCUT2D eigenvalue weighted by atomic mass is 10.1. The molecule has 1 aromatic carbocycles. The maximum Gasteiger partial charge on any atom is 0.191 e. The first-order valence-electron chi connectivity index (χ1n) is 8.21. The first kappa shape index (κ1) is 17.8. The van der Waals surface area contributed by atoms with Gasteiger partial charge in [0.2, 0.25) is 0 Å². The average molecular weight is 330 g/mol. The van der Waals surface area contributed by atoms with Gasteiger partial charge in [-0.3, -0.25) is 4.99 Å². The third-order valence-electron chi connectivity index (χ3n) is 3.75. The molecule has 0 fully saturated rings. The first-order chi connectivity index (χ1) is 11.8. The lowest BCUT2D eigenvalue weighted by Crippen LogP contribution is -2.39. The van der Waals surface area contributed by atoms with E-state index in [2.05, 4.69) is 49.4 Å². The molecule has 0 aliphatic carbocycles. The fraction of sp³-hybridized carbons (Fsp3) is 0.471. The summed E-state index contributed by atoms with van der Waals surface area (Å²) in [7, 11) is 3.45. The number of ether oxygens (including phenoxy) is 1. The van der Waals surface area contributed by atoms with Crippen molar-refractivity contribution in [3.8, 4) is 5.75 Å². The van der Waals surface area contributed by atoms with Crippen LogP contribution in [0.4, 0.5) is 0 Å². The predicted molar refractivity (Wildman–Crippen MR) is 95.5 cm³/mol. The van der Waals surface area contributed by atoms with Crippen molar-refractivity contribution >= 4 is 5.96 Å². The quantitative estimate of drug-likeness (QED) is 0.563. The second-order valence-corrected chi connectivity index (χ2v) is 5.32. The van der Waals surface area contributed by atoms with Crippen molar-refractivity contribution in [2.45, 2.75) is 26.3 Å². The Hall–Kier alpha value is -2.57. The normalized spacial score (nSPS) is 11.4. The second-order valence-electron chi connectivity index (χ2n) is 5.32. The molecule has 2 rings (SSSR count). The van der Waals surface area contributed by atoms with E-state index in [4.69, 9.17) is 4.74 Å². The highest BCUT2D eigenvalue weighted by Crippen LogP contribution is 2.11. The third-order valence-corrected chi connectivity index (χ3v) is 3.75. The van der Waals surface area contributed by atoms with Crippen molar-refractivity contribution in [3.05, 3.63) is 42.0 Å². The number of aliphatic imine (C=N–C) groups is 1. The van der Waals surface area contributed by atoms with Gasteiger partial charge in [0.05, 0.1) is 7.11 Å². The van der Waals surface area contributed by atoms with E-state index in [1.807, 2.05) is 12.1 Å². The Morgan fingerprint density at radius 2 is 1.96 bits per heavy atom. The number of hydrogen-bond acceptors (Lipinski definition) is 4. The van der Waals surface area contributed by atoms with Crippen molar-refractivity contribution < 1.29 is 4.74 Å². The fourth-order valence-electron chi connectivity index (χ4n) is 2.37. The van der Waals surface area contributed by atoms with E-state index in [9.17, 15) is 0 Å². The van der Waals surface area contributed by atoms with Gasteiger partial charge in [-0.1, -0.05) is 19.1 Å². The van der Waals surface area contributed by atoms with Crippen molar-refractivity contribution in [2.75, 3.05) is 27.2 Å². The summed E-state index contributed by atoms with van der Waals surface area (Å²) in [5.74, 6) is 2.68. The van der Waals surface area contributed by atoms with Crippen LogP contribution in [-0.2, 0) is 19.4 Å². The Labute approximate surface area is 143 Å². The molecule has 0 saturated carbocycles. The van der Waals surface area contributed by atoms with Crippen LogP contribution in [0.25, 0.3) is 0 Å². The van der Waals surface area contributed by atoms with Crippen LogP contribution < -0.4 is 15.4 Å². The summed E-state index contributed by atoms with van der Waals surface area (Å²) >= 11 is 0. The van der Waals surface area contributed by atoms with Gasteiger partial charge in [-0.25, -0.2) is 0 Å². The fourth-order valence-corrected chi connectivity index (χ4v) is 2.37. The zero-order valence-corrected chi connectivity index (χ0v) is 14.6. The molecule has 1 heterocycles. The zero-order valence-electron chi connectivity index (χ0n) is 14.6. The summed E-state index contributed by atoms with van der Waals surface area (Å²) in [5, 5.41) is 14.6. The number of benzene rings is 1. The van der Waals surface area contributed by atoms with E-state index >= 15 is 0 Å². The molecule has 130 valence electrons. The highest BCUT2D eigenvalue weighted by atomic mass is 16.5. The molecule has 7 nitrogen and oxygen atoms in total. The van der Waals surface area contributed by atoms with Gasteiger partial charge >= 0.3 is 0 Å². The van der Waals surface area contributed by atoms with Crippen LogP contribution in [0.1, 0.15) is 18.3 Å². The van der Waals surface area contributed by atoms with Crippen molar-refractivity contribution in [1.29, 1.82) is 0 Å². The highest BCUT2D eigenvalue weighted by Gasteiger charge is 2.02. The molecule has 0 aliphatic heterocycles. The minimum atomic E-state index is 0.771. The Kier molecular flexibility index (Phi) is 7.07. The summed E-state index contributed by atoms with van der Waals surface area (Å²) in [4.78, 5) is 4.24. The van der Waals surface area contributed by atoms with E-state index in [1.54, 1.807) is 20.5 Å². The Balaban J connectivity index is 1.70. The zero-order chi connectivity index (χ0) is 17.2. The van der Waals surface area contributed by atoms with Crippen LogP contribution in [0.5, 0.6) is 5.75 Å². The number of rotatable bonds is 8. The summed E-state index contributed by atoms with van der Waals surface area (Å²) in [6, 6.07) is 8.11. The van der Waals surface area contributed by atoms with Gasteiger partial charge in [0, 0.05) is 33.1 Å². The van der Waals surface area contributed by atoms with E-state index in [1.165, 1.54) is 5.56 Å². The molecule has 0 amide bonds. The Bertz CT molecular complexity index is 635. The summed E-state index contributed by atoms with van der Waals surface area (Å²) in [6.45, 7) is 4.48. The number of methoxy groups -OCH3 is 1. The number of nitrogens with zero attached hydrogens (tertiary/aromatic N) is 4. The highest BCUT2D eigenvalue weighted by molar-refractivity contribution is 5.79. The molecule has 0 unspecified atom stereocenters.